The van der Waals surface area contributed by atoms with E-state index < -0.39 is 0 Å². The predicted octanol–water partition coefficient (Wildman–Crippen LogP) is 6.18. The lowest BCUT2D eigenvalue weighted by molar-refractivity contribution is 0.103. The van der Waals surface area contributed by atoms with Gasteiger partial charge in [-0.1, -0.05) is 12.1 Å². The maximum atomic E-state index is 13.5. The lowest BCUT2D eigenvalue weighted by Crippen LogP contribution is -2.08. The molecule has 0 radical (unpaired) electrons. The van der Waals surface area contributed by atoms with Gasteiger partial charge in [-0.25, -0.2) is 4.98 Å². The minimum absolute atomic E-state index is 0.0325. The smallest absolute Gasteiger partial charge is 0.195 e. The second kappa shape index (κ2) is 9.17. The van der Waals surface area contributed by atoms with Gasteiger partial charge in [0.2, 0.25) is 0 Å². The van der Waals surface area contributed by atoms with Gasteiger partial charge in [-0.3, -0.25) is 4.79 Å². The normalized spacial score (nSPS) is 11.2. The number of methoxy groups -OCH3 is 1. The number of benzene rings is 2. The average Bonchev–Trinajstić information content (AvgIpc) is 3.04. The number of rotatable bonds is 7. The molecular weight excluding hydrogens is 468 g/mol. The molecule has 5 nitrogen and oxygen atoms in total. The molecule has 0 bridgehead atoms. The van der Waals surface area contributed by atoms with E-state index >= 15 is 0 Å². The number of carbonyl (C=O) groups excluding carboxylic acids is 1. The van der Waals surface area contributed by atoms with E-state index in [9.17, 15) is 4.79 Å². The molecule has 0 N–H and O–H groups in total. The Labute approximate surface area is 196 Å². The second-order valence-electron chi connectivity index (χ2n) is 7.92. The molecule has 2 aromatic heterocycles. The molecule has 0 fully saturated rings. The topological polar surface area (TPSA) is 53.4 Å². The van der Waals surface area contributed by atoms with Gasteiger partial charge in [-0.15, -0.1) is 0 Å². The minimum Gasteiger partial charge on any atom is -0.497 e. The molecule has 6 heteroatoms. The number of aromatic nitrogens is 2. The fourth-order valence-electron chi connectivity index (χ4n) is 3.85. The van der Waals surface area contributed by atoms with Gasteiger partial charge in [-0.05, 0) is 90.8 Å². The Morgan fingerprint density at radius 3 is 2.50 bits per heavy atom. The van der Waals surface area contributed by atoms with Crippen molar-refractivity contribution < 1.29 is 14.3 Å². The van der Waals surface area contributed by atoms with Gasteiger partial charge < -0.3 is 14.0 Å². The molecule has 2 heterocycles. The molecule has 0 saturated carbocycles. The summed E-state index contributed by atoms with van der Waals surface area (Å²) >= 11 is 3.48. The van der Waals surface area contributed by atoms with Crippen LogP contribution in [0.1, 0.15) is 41.0 Å². The molecule has 2 aromatic carbocycles. The van der Waals surface area contributed by atoms with Gasteiger partial charge in [0.1, 0.15) is 21.7 Å². The van der Waals surface area contributed by atoms with Crippen LogP contribution in [0.2, 0.25) is 0 Å². The van der Waals surface area contributed by atoms with Crippen LogP contribution in [0.15, 0.2) is 65.3 Å². The van der Waals surface area contributed by atoms with Gasteiger partial charge in [-0.2, -0.15) is 0 Å². The summed E-state index contributed by atoms with van der Waals surface area (Å²) in [5.41, 5.74) is 4.00. The number of fused-ring (bicyclic) bond motifs is 1. The van der Waals surface area contributed by atoms with Crippen molar-refractivity contribution >= 4 is 32.7 Å². The maximum absolute atomic E-state index is 13.5. The van der Waals surface area contributed by atoms with Crippen LogP contribution in [0.5, 0.6) is 11.5 Å². The Hall–Kier alpha value is -3.12. The number of nitrogens with zero attached hydrogens (tertiary/aromatic N) is 2. The molecule has 0 spiro atoms. The number of halogens is 1. The fourth-order valence-corrected chi connectivity index (χ4v) is 4.15. The van der Waals surface area contributed by atoms with Crippen molar-refractivity contribution in [3.63, 3.8) is 0 Å². The van der Waals surface area contributed by atoms with E-state index in [-0.39, 0.29) is 11.9 Å². The summed E-state index contributed by atoms with van der Waals surface area (Å²) in [6, 6.07) is 19.0. The molecule has 0 unspecified atom stereocenters. The van der Waals surface area contributed by atoms with Crippen molar-refractivity contribution in [1.82, 2.24) is 9.55 Å². The standard InChI is InChI=1S/C26H25BrN2O3/c1-16(2)32-21-7-5-6-18(14-21)15-29-17(3)24(22-12-13-23(27)28-26(22)29)25(30)19-8-10-20(31-4)11-9-19/h5-14,16H,15H2,1-4H3. The van der Waals surface area contributed by atoms with Gasteiger partial charge in [0.25, 0.3) is 0 Å². The number of ketones is 1. The van der Waals surface area contributed by atoms with Crippen LogP contribution in [0, 0.1) is 6.92 Å². The van der Waals surface area contributed by atoms with E-state index in [1.165, 1.54) is 0 Å². The molecule has 0 aliphatic carbocycles. The summed E-state index contributed by atoms with van der Waals surface area (Å²) in [6.45, 7) is 6.57. The van der Waals surface area contributed by atoms with E-state index in [0.29, 0.717) is 17.7 Å². The Morgan fingerprint density at radius 1 is 1.06 bits per heavy atom. The Balaban J connectivity index is 1.79. The van der Waals surface area contributed by atoms with E-state index in [1.54, 1.807) is 31.4 Å². The van der Waals surface area contributed by atoms with E-state index in [2.05, 4.69) is 26.6 Å². The third kappa shape index (κ3) is 4.41. The van der Waals surface area contributed by atoms with Crippen molar-refractivity contribution in [2.75, 3.05) is 7.11 Å². The first kappa shape index (κ1) is 22.1. The van der Waals surface area contributed by atoms with Crippen LogP contribution in [0.25, 0.3) is 11.0 Å². The Morgan fingerprint density at radius 2 is 1.81 bits per heavy atom. The third-order valence-corrected chi connectivity index (χ3v) is 5.76. The highest BCUT2D eigenvalue weighted by Gasteiger charge is 2.22. The van der Waals surface area contributed by atoms with Gasteiger partial charge in [0, 0.05) is 23.2 Å². The summed E-state index contributed by atoms with van der Waals surface area (Å²) in [4.78, 5) is 18.2. The highest BCUT2D eigenvalue weighted by atomic mass is 79.9. The van der Waals surface area contributed by atoms with Gasteiger partial charge in [0.05, 0.1) is 18.8 Å². The van der Waals surface area contributed by atoms with Crippen LogP contribution in [0.3, 0.4) is 0 Å². The van der Waals surface area contributed by atoms with E-state index in [1.807, 2.05) is 51.1 Å². The molecule has 164 valence electrons. The fraction of sp³-hybridized carbons (Fsp3) is 0.231. The van der Waals surface area contributed by atoms with E-state index in [0.717, 1.165) is 38.4 Å². The summed E-state index contributed by atoms with van der Waals surface area (Å²) in [5.74, 6) is 1.51. The zero-order chi connectivity index (χ0) is 22.8. The van der Waals surface area contributed by atoms with Crippen molar-refractivity contribution in [3.8, 4) is 11.5 Å². The van der Waals surface area contributed by atoms with Crippen LogP contribution in [-0.4, -0.2) is 28.5 Å². The largest absolute Gasteiger partial charge is 0.497 e. The molecule has 0 amide bonds. The quantitative estimate of drug-likeness (QED) is 0.228. The highest BCUT2D eigenvalue weighted by Crippen LogP contribution is 2.30. The van der Waals surface area contributed by atoms with Crippen molar-refractivity contribution in [1.29, 1.82) is 0 Å². The molecule has 32 heavy (non-hydrogen) atoms. The number of hydrogen-bond donors (Lipinski definition) is 0. The molecule has 0 aliphatic heterocycles. The Kier molecular flexibility index (Phi) is 6.33. The Bertz CT molecular complexity index is 1280. The number of carbonyl (C=O) groups is 1. The van der Waals surface area contributed by atoms with Crippen molar-refractivity contribution in [2.45, 2.75) is 33.4 Å². The second-order valence-corrected chi connectivity index (χ2v) is 8.74. The van der Waals surface area contributed by atoms with Crippen molar-refractivity contribution in [3.05, 3.63) is 87.7 Å². The highest BCUT2D eigenvalue weighted by molar-refractivity contribution is 9.10. The van der Waals surface area contributed by atoms with Gasteiger partial charge in [0.15, 0.2) is 5.78 Å². The summed E-state index contributed by atoms with van der Waals surface area (Å²) in [7, 11) is 1.61. The minimum atomic E-state index is -0.0325. The molecule has 0 aliphatic rings. The molecule has 0 saturated heterocycles. The first-order valence-corrected chi connectivity index (χ1v) is 11.3. The first-order valence-electron chi connectivity index (χ1n) is 10.5. The maximum Gasteiger partial charge on any atom is 0.195 e. The van der Waals surface area contributed by atoms with Gasteiger partial charge >= 0.3 is 0 Å². The van der Waals surface area contributed by atoms with Crippen LogP contribution in [-0.2, 0) is 6.54 Å². The van der Waals surface area contributed by atoms with Crippen LogP contribution < -0.4 is 9.47 Å². The molecule has 0 atom stereocenters. The third-order valence-electron chi connectivity index (χ3n) is 5.32. The predicted molar refractivity (Wildman–Crippen MR) is 130 cm³/mol. The van der Waals surface area contributed by atoms with Crippen molar-refractivity contribution in [2.24, 2.45) is 0 Å². The zero-order valence-electron chi connectivity index (χ0n) is 18.6. The monoisotopic (exact) mass is 492 g/mol. The van der Waals surface area contributed by atoms with Crippen LogP contribution >= 0.6 is 15.9 Å². The molecular formula is C26H25BrN2O3. The summed E-state index contributed by atoms with van der Waals surface area (Å²) < 4.78 is 13.9. The lowest BCUT2D eigenvalue weighted by Gasteiger charge is -2.13. The average molecular weight is 493 g/mol. The lowest BCUT2D eigenvalue weighted by atomic mass is 10.0. The molecule has 4 rings (SSSR count). The number of hydrogen-bond acceptors (Lipinski definition) is 4. The molecule has 4 aromatic rings. The van der Waals surface area contributed by atoms with Crippen LogP contribution in [0.4, 0.5) is 0 Å². The summed E-state index contributed by atoms with van der Waals surface area (Å²) in [5, 5.41) is 0.834. The van der Waals surface area contributed by atoms with E-state index in [4.69, 9.17) is 14.5 Å². The summed E-state index contributed by atoms with van der Waals surface area (Å²) in [6.07, 6.45) is 0.103. The number of ether oxygens (including phenoxy) is 2. The SMILES string of the molecule is COc1ccc(C(=O)c2c(C)n(Cc3cccc(OC(C)C)c3)c3nc(Br)ccc23)cc1. The zero-order valence-corrected chi connectivity index (χ0v) is 20.1. The first-order chi connectivity index (χ1) is 15.4. The number of pyridine rings is 1.